The van der Waals surface area contributed by atoms with Gasteiger partial charge in [0, 0.05) is 32.4 Å². The van der Waals surface area contributed by atoms with Gasteiger partial charge in [0.25, 0.3) is 0 Å². The van der Waals surface area contributed by atoms with Gasteiger partial charge in [-0.1, -0.05) is 18.2 Å². The van der Waals surface area contributed by atoms with Crippen molar-refractivity contribution in [2.24, 2.45) is 0 Å². The first-order valence-corrected chi connectivity index (χ1v) is 5.79. The van der Waals surface area contributed by atoms with E-state index >= 15 is 0 Å². The minimum atomic E-state index is 0.766. The zero-order valence-electron chi connectivity index (χ0n) is 10.5. The van der Waals surface area contributed by atoms with E-state index in [0.29, 0.717) is 0 Å². The largest absolute Gasteiger partial charge is 0.383 e. The summed E-state index contributed by atoms with van der Waals surface area (Å²) in [6, 6.07) is 8.51. The number of hydrogen-bond acceptors (Lipinski definition) is 3. The highest BCUT2D eigenvalue weighted by Gasteiger charge is 2.07. The molecule has 3 heteroatoms. The van der Waals surface area contributed by atoms with Crippen LogP contribution in [0.4, 0.5) is 5.69 Å². The van der Waals surface area contributed by atoms with Crippen LogP contribution in [0.1, 0.15) is 12.5 Å². The van der Waals surface area contributed by atoms with E-state index in [1.807, 2.05) is 7.05 Å². The molecule has 1 aromatic carbocycles. The fourth-order valence-electron chi connectivity index (χ4n) is 1.81. The number of anilines is 1. The van der Waals surface area contributed by atoms with Crippen LogP contribution in [0.3, 0.4) is 0 Å². The maximum absolute atomic E-state index is 5.14. The third-order valence-electron chi connectivity index (χ3n) is 2.65. The van der Waals surface area contributed by atoms with E-state index < -0.39 is 0 Å². The molecule has 0 amide bonds. The number of methoxy groups -OCH3 is 1. The molecule has 0 radical (unpaired) electrons. The number of likely N-dealkylation sites (N-methyl/N-ethyl adjacent to an activating group) is 1. The lowest BCUT2D eigenvalue weighted by Gasteiger charge is -2.25. The summed E-state index contributed by atoms with van der Waals surface area (Å²) in [6.07, 6.45) is 0. The van der Waals surface area contributed by atoms with Gasteiger partial charge in [-0.2, -0.15) is 0 Å². The summed E-state index contributed by atoms with van der Waals surface area (Å²) < 4.78 is 5.14. The molecule has 16 heavy (non-hydrogen) atoms. The molecular formula is C13H22N2O. The summed E-state index contributed by atoms with van der Waals surface area (Å²) in [5, 5.41) is 3.20. The van der Waals surface area contributed by atoms with E-state index in [2.05, 4.69) is 41.4 Å². The standard InChI is InChI=1S/C13H22N2O/c1-4-15(9-10-16-3)13-8-6-5-7-12(13)11-14-2/h5-8,14H,4,9-11H2,1-3H3. The number of benzene rings is 1. The van der Waals surface area contributed by atoms with Gasteiger partial charge < -0.3 is 15.0 Å². The lowest BCUT2D eigenvalue weighted by Crippen LogP contribution is -2.28. The number of nitrogens with zero attached hydrogens (tertiary/aromatic N) is 1. The fraction of sp³-hybridized carbons (Fsp3) is 0.538. The highest BCUT2D eigenvalue weighted by molar-refractivity contribution is 5.53. The van der Waals surface area contributed by atoms with Crippen molar-refractivity contribution in [2.75, 3.05) is 38.8 Å². The number of hydrogen-bond donors (Lipinski definition) is 1. The predicted molar refractivity (Wildman–Crippen MR) is 69.0 cm³/mol. The van der Waals surface area contributed by atoms with Gasteiger partial charge in [-0.25, -0.2) is 0 Å². The van der Waals surface area contributed by atoms with Crippen molar-refractivity contribution in [2.45, 2.75) is 13.5 Å². The zero-order chi connectivity index (χ0) is 11.8. The van der Waals surface area contributed by atoms with Gasteiger partial charge in [0.1, 0.15) is 0 Å². The maximum atomic E-state index is 5.14. The predicted octanol–water partition coefficient (Wildman–Crippen LogP) is 1.88. The molecule has 0 aliphatic heterocycles. The van der Waals surface area contributed by atoms with Gasteiger partial charge in [0.15, 0.2) is 0 Å². The molecule has 0 fully saturated rings. The molecule has 1 aromatic rings. The van der Waals surface area contributed by atoms with Crippen molar-refractivity contribution >= 4 is 5.69 Å². The number of para-hydroxylation sites is 1. The zero-order valence-corrected chi connectivity index (χ0v) is 10.5. The average molecular weight is 222 g/mol. The second-order valence-corrected chi connectivity index (χ2v) is 3.73. The van der Waals surface area contributed by atoms with Crippen LogP contribution in [0.25, 0.3) is 0 Å². The molecule has 0 saturated heterocycles. The van der Waals surface area contributed by atoms with Gasteiger partial charge in [-0.05, 0) is 25.6 Å². The summed E-state index contributed by atoms with van der Waals surface area (Å²) in [6.45, 7) is 5.78. The van der Waals surface area contributed by atoms with E-state index in [1.165, 1.54) is 11.3 Å². The molecule has 0 aliphatic carbocycles. The van der Waals surface area contributed by atoms with Crippen LogP contribution < -0.4 is 10.2 Å². The number of ether oxygens (including phenoxy) is 1. The van der Waals surface area contributed by atoms with Crippen molar-refractivity contribution in [1.29, 1.82) is 0 Å². The molecule has 0 saturated carbocycles. The van der Waals surface area contributed by atoms with Gasteiger partial charge in [0.2, 0.25) is 0 Å². The number of rotatable bonds is 7. The third-order valence-corrected chi connectivity index (χ3v) is 2.65. The Labute approximate surface area is 98.4 Å². The van der Waals surface area contributed by atoms with Crippen LogP contribution in [-0.2, 0) is 11.3 Å². The Kier molecular flexibility index (Phi) is 5.90. The van der Waals surface area contributed by atoms with Gasteiger partial charge >= 0.3 is 0 Å². The highest BCUT2D eigenvalue weighted by Crippen LogP contribution is 2.19. The molecule has 0 spiro atoms. The second-order valence-electron chi connectivity index (χ2n) is 3.73. The molecule has 1 N–H and O–H groups in total. The summed E-state index contributed by atoms with van der Waals surface area (Å²) in [4.78, 5) is 2.34. The SMILES string of the molecule is CCN(CCOC)c1ccccc1CNC. The minimum absolute atomic E-state index is 0.766. The van der Waals surface area contributed by atoms with E-state index in [0.717, 1.165) is 26.2 Å². The first-order valence-electron chi connectivity index (χ1n) is 5.79. The molecule has 0 atom stereocenters. The van der Waals surface area contributed by atoms with Crippen molar-refractivity contribution < 1.29 is 4.74 Å². The summed E-state index contributed by atoms with van der Waals surface area (Å²) in [7, 11) is 3.72. The Hall–Kier alpha value is -1.06. The van der Waals surface area contributed by atoms with Gasteiger partial charge in [-0.3, -0.25) is 0 Å². The van der Waals surface area contributed by atoms with E-state index in [4.69, 9.17) is 4.74 Å². The van der Waals surface area contributed by atoms with Crippen LogP contribution in [0.2, 0.25) is 0 Å². The Bertz CT molecular complexity index is 302. The van der Waals surface area contributed by atoms with Gasteiger partial charge in [-0.15, -0.1) is 0 Å². The topological polar surface area (TPSA) is 24.5 Å². The lowest BCUT2D eigenvalue weighted by molar-refractivity contribution is 0.205. The highest BCUT2D eigenvalue weighted by atomic mass is 16.5. The fourth-order valence-corrected chi connectivity index (χ4v) is 1.81. The van der Waals surface area contributed by atoms with Crippen LogP contribution in [0.15, 0.2) is 24.3 Å². The van der Waals surface area contributed by atoms with Crippen LogP contribution in [0.5, 0.6) is 0 Å². The first kappa shape index (κ1) is 13.0. The molecule has 0 unspecified atom stereocenters. The van der Waals surface area contributed by atoms with Gasteiger partial charge in [0.05, 0.1) is 6.61 Å². The quantitative estimate of drug-likeness (QED) is 0.762. The van der Waals surface area contributed by atoms with Crippen molar-refractivity contribution in [3.05, 3.63) is 29.8 Å². The molecule has 0 aliphatic rings. The molecule has 1 rings (SSSR count). The maximum Gasteiger partial charge on any atom is 0.0637 e. The molecule has 0 heterocycles. The van der Waals surface area contributed by atoms with Crippen molar-refractivity contribution in [1.82, 2.24) is 5.32 Å². The number of nitrogens with one attached hydrogen (secondary N) is 1. The molecule has 0 aromatic heterocycles. The Morgan fingerprint density at radius 3 is 2.69 bits per heavy atom. The third kappa shape index (κ3) is 3.51. The van der Waals surface area contributed by atoms with E-state index in [1.54, 1.807) is 7.11 Å². The minimum Gasteiger partial charge on any atom is -0.383 e. The Morgan fingerprint density at radius 1 is 1.31 bits per heavy atom. The second kappa shape index (κ2) is 7.25. The summed E-state index contributed by atoms with van der Waals surface area (Å²) in [5.41, 5.74) is 2.64. The van der Waals surface area contributed by atoms with E-state index in [9.17, 15) is 0 Å². The molecule has 3 nitrogen and oxygen atoms in total. The molecule has 90 valence electrons. The monoisotopic (exact) mass is 222 g/mol. The Balaban J connectivity index is 2.81. The molecule has 0 bridgehead atoms. The van der Waals surface area contributed by atoms with Crippen molar-refractivity contribution in [3.8, 4) is 0 Å². The normalized spacial score (nSPS) is 10.4. The van der Waals surface area contributed by atoms with E-state index in [-0.39, 0.29) is 0 Å². The lowest BCUT2D eigenvalue weighted by atomic mass is 10.1. The summed E-state index contributed by atoms with van der Waals surface area (Å²) in [5.74, 6) is 0. The Morgan fingerprint density at radius 2 is 2.06 bits per heavy atom. The summed E-state index contributed by atoms with van der Waals surface area (Å²) >= 11 is 0. The van der Waals surface area contributed by atoms with Crippen LogP contribution >= 0.6 is 0 Å². The first-order chi connectivity index (χ1) is 7.83. The smallest absolute Gasteiger partial charge is 0.0637 e. The van der Waals surface area contributed by atoms with Crippen molar-refractivity contribution in [3.63, 3.8) is 0 Å². The average Bonchev–Trinajstić information content (AvgIpc) is 2.32. The molecular weight excluding hydrogens is 200 g/mol. The van der Waals surface area contributed by atoms with Crippen LogP contribution in [-0.4, -0.2) is 33.9 Å². The van der Waals surface area contributed by atoms with Crippen LogP contribution in [0, 0.1) is 0 Å².